The Morgan fingerprint density at radius 2 is 1.43 bits per heavy atom. The molecule has 3 heteroatoms. The van der Waals surface area contributed by atoms with Crippen LogP contribution < -0.4 is 0 Å². The predicted molar refractivity (Wildman–Crippen MR) is 88.0 cm³/mol. The van der Waals surface area contributed by atoms with E-state index in [0.717, 1.165) is 25.7 Å². The van der Waals surface area contributed by atoms with Crippen LogP contribution in [-0.2, 0) is 9.68 Å². The Balaban J connectivity index is 3.30. The fraction of sp³-hybridized carbons (Fsp3) is 0.611. The van der Waals surface area contributed by atoms with Crippen LogP contribution in [0, 0.1) is 0 Å². The molecular weight excluding hydrogens is 264 g/mol. The molecule has 0 aromatic rings. The first-order chi connectivity index (χ1) is 10.3. The Bertz CT molecular complexity index is 316. The number of unbranched alkanes of at least 4 members (excludes halogenated alkanes) is 7. The second-order valence-corrected chi connectivity index (χ2v) is 5.15. The van der Waals surface area contributed by atoms with Gasteiger partial charge in [-0.1, -0.05) is 75.5 Å². The monoisotopic (exact) mass is 294 g/mol. The van der Waals surface area contributed by atoms with E-state index < -0.39 is 5.97 Å². The quantitative estimate of drug-likeness (QED) is 0.208. The van der Waals surface area contributed by atoms with E-state index in [0.29, 0.717) is 6.42 Å². The average molecular weight is 294 g/mol. The van der Waals surface area contributed by atoms with Crippen LogP contribution in [0.2, 0.25) is 0 Å². The third-order valence-electron chi connectivity index (χ3n) is 3.18. The van der Waals surface area contributed by atoms with Crippen molar-refractivity contribution < 1.29 is 14.9 Å². The molecule has 0 rings (SSSR count). The number of rotatable bonds is 13. The summed E-state index contributed by atoms with van der Waals surface area (Å²) < 4.78 is 0. The van der Waals surface area contributed by atoms with E-state index in [4.69, 9.17) is 5.26 Å². The van der Waals surface area contributed by atoms with Crippen LogP contribution in [0.25, 0.3) is 0 Å². The van der Waals surface area contributed by atoms with E-state index in [-0.39, 0.29) is 0 Å². The van der Waals surface area contributed by atoms with Crippen LogP contribution >= 0.6 is 0 Å². The first-order valence-corrected chi connectivity index (χ1v) is 8.13. The van der Waals surface area contributed by atoms with Gasteiger partial charge in [-0.2, -0.15) is 5.26 Å². The molecule has 0 heterocycles. The third-order valence-corrected chi connectivity index (χ3v) is 3.18. The number of hydrogen-bond donors (Lipinski definition) is 1. The van der Waals surface area contributed by atoms with Gasteiger partial charge >= 0.3 is 5.97 Å². The average Bonchev–Trinajstić information content (AvgIpc) is 2.50. The Hall–Kier alpha value is -1.35. The molecule has 0 aliphatic carbocycles. The fourth-order valence-corrected chi connectivity index (χ4v) is 1.91. The summed E-state index contributed by atoms with van der Waals surface area (Å²) in [5.41, 5.74) is 0. The van der Waals surface area contributed by atoms with E-state index in [1.165, 1.54) is 32.1 Å². The maximum absolute atomic E-state index is 10.7. The Labute approximate surface area is 129 Å². The summed E-state index contributed by atoms with van der Waals surface area (Å²) in [4.78, 5) is 14.3. The molecule has 0 spiro atoms. The van der Waals surface area contributed by atoms with Crippen LogP contribution in [-0.4, -0.2) is 11.2 Å². The van der Waals surface area contributed by atoms with Crippen LogP contribution in [0.15, 0.2) is 36.5 Å². The molecule has 0 saturated carbocycles. The van der Waals surface area contributed by atoms with Gasteiger partial charge in [0.2, 0.25) is 0 Å². The van der Waals surface area contributed by atoms with E-state index in [9.17, 15) is 4.79 Å². The van der Waals surface area contributed by atoms with Gasteiger partial charge in [0, 0.05) is 6.42 Å². The van der Waals surface area contributed by atoms with Gasteiger partial charge in [0.25, 0.3) is 0 Å². The van der Waals surface area contributed by atoms with E-state index >= 15 is 0 Å². The predicted octanol–water partition coefficient (Wildman–Crippen LogP) is 5.59. The lowest BCUT2D eigenvalue weighted by Crippen LogP contribution is -1.99. The molecule has 0 aromatic carbocycles. The Morgan fingerprint density at radius 1 is 0.857 bits per heavy atom. The van der Waals surface area contributed by atoms with Gasteiger partial charge in [-0.25, -0.2) is 4.79 Å². The van der Waals surface area contributed by atoms with Gasteiger partial charge in [-0.3, -0.25) is 0 Å². The molecule has 0 bridgehead atoms. The van der Waals surface area contributed by atoms with Gasteiger partial charge in [-0.15, -0.1) is 0 Å². The molecule has 0 amide bonds. The summed E-state index contributed by atoms with van der Waals surface area (Å²) in [7, 11) is 0. The number of allylic oxidation sites excluding steroid dienone is 6. The lowest BCUT2D eigenvalue weighted by Gasteiger charge is -1.98. The smallest absolute Gasteiger partial charge is 0.301 e. The topological polar surface area (TPSA) is 46.5 Å². The summed E-state index contributed by atoms with van der Waals surface area (Å²) in [6.07, 6.45) is 23.2. The highest BCUT2D eigenvalue weighted by Gasteiger charge is 2.00. The standard InChI is InChI=1S/C18H30O3/c1-2-3-4-5-6-7-8-9-10-11-12-13-14-15-16-17-18(19)21-20/h5-10,20H,2-4,11-17H2,1H3. The van der Waals surface area contributed by atoms with Crippen molar-refractivity contribution in [1.29, 1.82) is 0 Å². The number of carbonyl (C=O) groups excluding carboxylic acids is 1. The minimum atomic E-state index is -0.534. The minimum absolute atomic E-state index is 0.312. The molecule has 21 heavy (non-hydrogen) atoms. The molecule has 1 N–H and O–H groups in total. The fourth-order valence-electron chi connectivity index (χ4n) is 1.91. The first-order valence-electron chi connectivity index (χ1n) is 8.13. The largest absolute Gasteiger partial charge is 0.342 e. The van der Waals surface area contributed by atoms with Gasteiger partial charge in [0.1, 0.15) is 0 Å². The van der Waals surface area contributed by atoms with Gasteiger partial charge in [-0.05, 0) is 25.7 Å². The van der Waals surface area contributed by atoms with Gasteiger partial charge in [0.15, 0.2) is 0 Å². The molecule has 0 radical (unpaired) electrons. The highest BCUT2D eigenvalue weighted by atomic mass is 17.1. The molecular formula is C18H30O3. The van der Waals surface area contributed by atoms with Gasteiger partial charge < -0.3 is 4.89 Å². The summed E-state index contributed by atoms with van der Waals surface area (Å²) >= 11 is 0. The lowest BCUT2D eigenvalue weighted by molar-refractivity contribution is -0.234. The van der Waals surface area contributed by atoms with Crippen LogP contribution in [0.1, 0.15) is 71.1 Å². The summed E-state index contributed by atoms with van der Waals surface area (Å²) in [6.45, 7) is 2.20. The lowest BCUT2D eigenvalue weighted by atomic mass is 10.1. The Kier molecular flexibility index (Phi) is 15.6. The van der Waals surface area contributed by atoms with Crippen molar-refractivity contribution in [2.45, 2.75) is 71.1 Å². The number of hydrogen-bond acceptors (Lipinski definition) is 3. The molecule has 0 aromatic heterocycles. The zero-order chi connectivity index (χ0) is 15.6. The first kappa shape index (κ1) is 19.7. The number of carbonyl (C=O) groups is 1. The van der Waals surface area contributed by atoms with Crippen molar-refractivity contribution in [3.05, 3.63) is 36.5 Å². The van der Waals surface area contributed by atoms with Crippen LogP contribution in [0.5, 0.6) is 0 Å². The van der Waals surface area contributed by atoms with Crippen molar-refractivity contribution in [3.8, 4) is 0 Å². The van der Waals surface area contributed by atoms with E-state index in [1.807, 2.05) is 0 Å². The van der Waals surface area contributed by atoms with Crippen LogP contribution in [0.3, 0.4) is 0 Å². The summed E-state index contributed by atoms with van der Waals surface area (Å²) in [6, 6.07) is 0. The van der Waals surface area contributed by atoms with Crippen molar-refractivity contribution >= 4 is 5.97 Å². The molecule has 0 fully saturated rings. The molecule has 120 valence electrons. The summed E-state index contributed by atoms with van der Waals surface area (Å²) in [5.74, 6) is -0.534. The SMILES string of the molecule is CCCCC=CC=CC=CCCCCCCCC(=O)OO. The molecule has 0 atom stereocenters. The molecule has 0 saturated heterocycles. The maximum atomic E-state index is 10.7. The third kappa shape index (κ3) is 16.6. The highest BCUT2D eigenvalue weighted by molar-refractivity contribution is 5.68. The molecule has 0 aliphatic rings. The second kappa shape index (κ2) is 16.7. The zero-order valence-corrected chi connectivity index (χ0v) is 13.3. The maximum Gasteiger partial charge on any atom is 0.342 e. The minimum Gasteiger partial charge on any atom is -0.301 e. The second-order valence-electron chi connectivity index (χ2n) is 5.15. The highest BCUT2D eigenvalue weighted by Crippen LogP contribution is 2.08. The van der Waals surface area contributed by atoms with Crippen molar-refractivity contribution in [2.75, 3.05) is 0 Å². The summed E-state index contributed by atoms with van der Waals surface area (Å²) in [5, 5.41) is 8.08. The molecule has 3 nitrogen and oxygen atoms in total. The van der Waals surface area contributed by atoms with Crippen molar-refractivity contribution in [3.63, 3.8) is 0 Å². The van der Waals surface area contributed by atoms with E-state index in [2.05, 4.69) is 48.3 Å². The van der Waals surface area contributed by atoms with Crippen molar-refractivity contribution in [2.24, 2.45) is 0 Å². The van der Waals surface area contributed by atoms with Gasteiger partial charge in [0.05, 0.1) is 0 Å². The van der Waals surface area contributed by atoms with E-state index in [1.54, 1.807) is 0 Å². The normalized spacial score (nSPS) is 11.9. The molecule has 0 aliphatic heterocycles. The van der Waals surface area contributed by atoms with Crippen molar-refractivity contribution in [1.82, 2.24) is 0 Å². The Morgan fingerprint density at radius 3 is 2.05 bits per heavy atom. The zero-order valence-electron chi connectivity index (χ0n) is 13.3. The molecule has 0 unspecified atom stereocenters. The van der Waals surface area contributed by atoms with Crippen LogP contribution in [0.4, 0.5) is 0 Å².